The Bertz CT molecular complexity index is 432. The lowest BCUT2D eigenvalue weighted by atomic mass is 9.83. The number of esters is 1. The molecular weight excluding hydrogens is 250 g/mol. The van der Waals surface area contributed by atoms with Gasteiger partial charge in [0.2, 0.25) is 0 Å². The minimum atomic E-state index is -0.614. The molecule has 0 aliphatic carbocycles. The number of carbonyl (C=O) groups excluding carboxylic acids is 1. The highest BCUT2D eigenvalue weighted by Gasteiger charge is 2.30. The van der Waals surface area contributed by atoms with Crippen molar-refractivity contribution < 1.29 is 9.53 Å². The zero-order chi connectivity index (χ0) is 15.4. The van der Waals surface area contributed by atoms with Gasteiger partial charge in [-0.2, -0.15) is 0 Å². The molecule has 0 radical (unpaired) electrons. The fraction of sp³-hybridized carbons (Fsp3) is 0.588. The van der Waals surface area contributed by atoms with E-state index < -0.39 is 11.6 Å². The Morgan fingerprint density at radius 1 is 1.15 bits per heavy atom. The topological polar surface area (TPSA) is 52.3 Å². The van der Waals surface area contributed by atoms with Crippen LogP contribution in [0.5, 0.6) is 0 Å². The van der Waals surface area contributed by atoms with Gasteiger partial charge in [0.1, 0.15) is 11.6 Å². The second kappa shape index (κ2) is 6.40. The molecule has 0 aliphatic rings. The van der Waals surface area contributed by atoms with Gasteiger partial charge in [0, 0.05) is 0 Å². The maximum Gasteiger partial charge on any atom is 0.323 e. The lowest BCUT2D eigenvalue weighted by molar-refractivity contribution is -0.160. The van der Waals surface area contributed by atoms with E-state index in [2.05, 4.69) is 20.8 Å². The van der Waals surface area contributed by atoms with E-state index in [1.807, 2.05) is 44.2 Å². The van der Waals surface area contributed by atoms with Gasteiger partial charge in [0.15, 0.2) is 0 Å². The maximum atomic E-state index is 12.1. The second-order valence-corrected chi connectivity index (χ2v) is 7.21. The molecule has 1 unspecified atom stereocenters. The summed E-state index contributed by atoms with van der Waals surface area (Å²) >= 11 is 0. The highest BCUT2D eigenvalue weighted by Crippen LogP contribution is 2.29. The summed E-state index contributed by atoms with van der Waals surface area (Å²) in [6, 6.07) is 9.14. The Morgan fingerprint density at radius 3 is 2.20 bits per heavy atom. The van der Waals surface area contributed by atoms with Crippen LogP contribution in [-0.2, 0) is 16.0 Å². The smallest absolute Gasteiger partial charge is 0.323 e. The van der Waals surface area contributed by atoms with Crippen molar-refractivity contribution in [2.45, 2.75) is 59.1 Å². The van der Waals surface area contributed by atoms with E-state index in [4.69, 9.17) is 10.5 Å². The summed E-state index contributed by atoms with van der Waals surface area (Å²) in [4.78, 5) is 12.1. The van der Waals surface area contributed by atoms with Crippen molar-refractivity contribution in [3.8, 4) is 0 Å². The molecule has 0 aromatic heterocycles. The van der Waals surface area contributed by atoms with Crippen LogP contribution in [0.1, 0.15) is 46.6 Å². The summed E-state index contributed by atoms with van der Waals surface area (Å²) in [5, 5.41) is 0. The average Bonchev–Trinajstić information content (AvgIpc) is 2.26. The number of nitrogens with two attached hydrogens (primary N) is 1. The second-order valence-electron chi connectivity index (χ2n) is 7.21. The summed E-state index contributed by atoms with van der Waals surface area (Å²) in [6.45, 7) is 10.3. The minimum Gasteiger partial charge on any atom is -0.458 e. The number of carbonyl (C=O) groups is 1. The molecule has 1 aromatic carbocycles. The predicted octanol–water partition coefficient (Wildman–Crippen LogP) is 3.31. The first-order valence-corrected chi connectivity index (χ1v) is 7.11. The SMILES string of the molecule is CC(C)(C)CC(C)(C)OC(=O)C(N)Cc1ccccc1. The zero-order valence-corrected chi connectivity index (χ0v) is 13.3. The molecule has 0 saturated heterocycles. The zero-order valence-electron chi connectivity index (χ0n) is 13.3. The van der Waals surface area contributed by atoms with Crippen LogP contribution in [0, 0.1) is 5.41 Å². The van der Waals surface area contributed by atoms with Crippen LogP contribution in [0.3, 0.4) is 0 Å². The number of rotatable bonds is 5. The molecule has 0 spiro atoms. The summed E-state index contributed by atoms with van der Waals surface area (Å²) in [7, 11) is 0. The van der Waals surface area contributed by atoms with Crippen LogP contribution in [0.25, 0.3) is 0 Å². The lowest BCUT2D eigenvalue weighted by Gasteiger charge is -2.33. The molecule has 3 nitrogen and oxygen atoms in total. The van der Waals surface area contributed by atoms with E-state index >= 15 is 0 Å². The normalized spacial score (nSPS) is 13.9. The quantitative estimate of drug-likeness (QED) is 0.840. The predicted molar refractivity (Wildman–Crippen MR) is 82.4 cm³/mol. The van der Waals surface area contributed by atoms with E-state index in [0.29, 0.717) is 6.42 Å². The van der Waals surface area contributed by atoms with Crippen molar-refractivity contribution in [1.82, 2.24) is 0 Å². The van der Waals surface area contributed by atoms with Crippen molar-refractivity contribution in [3.63, 3.8) is 0 Å². The molecule has 1 atom stereocenters. The molecule has 20 heavy (non-hydrogen) atoms. The van der Waals surface area contributed by atoms with Gasteiger partial charge < -0.3 is 10.5 Å². The maximum absolute atomic E-state index is 12.1. The number of hydrogen-bond acceptors (Lipinski definition) is 3. The lowest BCUT2D eigenvalue weighted by Crippen LogP contribution is -2.41. The third kappa shape index (κ3) is 6.20. The standard InChI is InChI=1S/C17H27NO2/c1-16(2,3)12-17(4,5)20-15(19)14(18)11-13-9-7-6-8-10-13/h6-10,14H,11-12,18H2,1-5H3. The van der Waals surface area contributed by atoms with Crippen molar-refractivity contribution in [1.29, 1.82) is 0 Å². The molecule has 0 bridgehead atoms. The Morgan fingerprint density at radius 2 is 1.70 bits per heavy atom. The Balaban J connectivity index is 2.57. The molecular formula is C17H27NO2. The van der Waals surface area contributed by atoms with Gasteiger partial charge in [0.25, 0.3) is 0 Å². The van der Waals surface area contributed by atoms with Crippen LogP contribution in [0.15, 0.2) is 30.3 Å². The van der Waals surface area contributed by atoms with Gasteiger partial charge in [-0.3, -0.25) is 4.79 Å². The van der Waals surface area contributed by atoms with Crippen LogP contribution in [0.4, 0.5) is 0 Å². The molecule has 2 N–H and O–H groups in total. The summed E-state index contributed by atoms with van der Waals surface area (Å²) < 4.78 is 5.58. The van der Waals surface area contributed by atoms with Gasteiger partial charge >= 0.3 is 5.97 Å². The van der Waals surface area contributed by atoms with E-state index in [0.717, 1.165) is 12.0 Å². The summed E-state index contributed by atoms with van der Waals surface area (Å²) in [5.41, 5.74) is 6.60. The van der Waals surface area contributed by atoms with Crippen LogP contribution in [0.2, 0.25) is 0 Å². The summed E-state index contributed by atoms with van der Waals surface area (Å²) in [5.74, 6) is -0.330. The first-order chi connectivity index (χ1) is 9.09. The molecule has 0 aliphatic heterocycles. The van der Waals surface area contributed by atoms with E-state index in [1.165, 1.54) is 0 Å². The molecule has 0 fully saturated rings. The van der Waals surface area contributed by atoms with Gasteiger partial charge in [-0.1, -0.05) is 51.1 Å². The largest absolute Gasteiger partial charge is 0.458 e. The van der Waals surface area contributed by atoms with Gasteiger partial charge in [-0.15, -0.1) is 0 Å². The number of ether oxygens (including phenoxy) is 1. The van der Waals surface area contributed by atoms with Gasteiger partial charge in [-0.25, -0.2) is 0 Å². The highest BCUT2D eigenvalue weighted by molar-refractivity contribution is 5.76. The summed E-state index contributed by atoms with van der Waals surface area (Å²) in [6.07, 6.45) is 1.30. The number of hydrogen-bond donors (Lipinski definition) is 1. The van der Waals surface area contributed by atoms with Crippen molar-refractivity contribution in [3.05, 3.63) is 35.9 Å². The minimum absolute atomic E-state index is 0.104. The molecule has 0 amide bonds. The Hall–Kier alpha value is -1.35. The monoisotopic (exact) mass is 277 g/mol. The van der Waals surface area contributed by atoms with Crippen molar-refractivity contribution in [2.75, 3.05) is 0 Å². The first-order valence-electron chi connectivity index (χ1n) is 7.11. The molecule has 3 heteroatoms. The van der Waals surface area contributed by atoms with Gasteiger partial charge in [-0.05, 0) is 37.7 Å². The fourth-order valence-corrected chi connectivity index (χ4v) is 2.61. The van der Waals surface area contributed by atoms with Crippen molar-refractivity contribution in [2.24, 2.45) is 11.1 Å². The third-order valence-corrected chi connectivity index (χ3v) is 2.93. The van der Waals surface area contributed by atoms with Crippen LogP contribution >= 0.6 is 0 Å². The van der Waals surface area contributed by atoms with Crippen molar-refractivity contribution >= 4 is 5.97 Å². The van der Waals surface area contributed by atoms with E-state index in [1.54, 1.807) is 0 Å². The fourth-order valence-electron chi connectivity index (χ4n) is 2.61. The average molecular weight is 277 g/mol. The molecule has 112 valence electrons. The molecule has 0 heterocycles. The van der Waals surface area contributed by atoms with Gasteiger partial charge in [0.05, 0.1) is 0 Å². The third-order valence-electron chi connectivity index (χ3n) is 2.93. The highest BCUT2D eigenvalue weighted by atomic mass is 16.6. The van der Waals surface area contributed by atoms with E-state index in [-0.39, 0.29) is 11.4 Å². The van der Waals surface area contributed by atoms with Crippen LogP contribution in [-0.4, -0.2) is 17.6 Å². The first kappa shape index (κ1) is 16.7. The number of benzene rings is 1. The molecule has 1 rings (SSSR count). The molecule has 1 aromatic rings. The van der Waals surface area contributed by atoms with E-state index in [9.17, 15) is 4.79 Å². The van der Waals surface area contributed by atoms with Crippen LogP contribution < -0.4 is 5.73 Å². The Labute approximate surface area is 122 Å². The molecule has 0 saturated carbocycles. The Kier molecular flexibility index (Phi) is 5.35.